The van der Waals surface area contributed by atoms with Crippen molar-refractivity contribution in [2.45, 2.75) is 5.16 Å². The fraction of sp³-hybridized carbons (Fsp3) is 0.133. The molecule has 0 aliphatic heterocycles. The van der Waals surface area contributed by atoms with Crippen LogP contribution in [-0.2, 0) is 4.79 Å². The summed E-state index contributed by atoms with van der Waals surface area (Å²) in [6.45, 7) is 0. The molecule has 23 heavy (non-hydrogen) atoms. The number of rotatable bonds is 4. The summed E-state index contributed by atoms with van der Waals surface area (Å²) in [5.74, 6) is 0.196. The van der Waals surface area contributed by atoms with Gasteiger partial charge < -0.3 is 4.90 Å². The Labute approximate surface area is 147 Å². The summed E-state index contributed by atoms with van der Waals surface area (Å²) in [4.78, 5) is 13.9. The second kappa shape index (κ2) is 6.78. The molecular weight excluding hydrogens is 355 g/mol. The monoisotopic (exact) mass is 366 g/mol. The third kappa shape index (κ3) is 3.44. The van der Waals surface area contributed by atoms with Crippen molar-refractivity contribution in [3.63, 3.8) is 0 Å². The van der Waals surface area contributed by atoms with Crippen molar-refractivity contribution in [2.24, 2.45) is 0 Å². The van der Waals surface area contributed by atoms with Crippen molar-refractivity contribution in [3.8, 4) is 0 Å². The van der Waals surface area contributed by atoms with Gasteiger partial charge in [0.2, 0.25) is 5.91 Å². The predicted molar refractivity (Wildman–Crippen MR) is 93.6 cm³/mol. The third-order valence-electron chi connectivity index (χ3n) is 3.24. The first-order chi connectivity index (χ1) is 11.1. The lowest BCUT2D eigenvalue weighted by atomic mass is 10.3. The van der Waals surface area contributed by atoms with Gasteiger partial charge in [-0.25, -0.2) is 0 Å². The molecule has 2 heterocycles. The van der Waals surface area contributed by atoms with E-state index in [1.165, 1.54) is 11.8 Å². The number of hydrogen-bond acceptors (Lipinski definition) is 4. The molecule has 1 aromatic carbocycles. The van der Waals surface area contributed by atoms with Crippen LogP contribution in [0.2, 0.25) is 10.0 Å². The Morgan fingerprint density at radius 3 is 2.74 bits per heavy atom. The zero-order valence-electron chi connectivity index (χ0n) is 12.1. The number of hydrogen-bond donors (Lipinski definition) is 0. The zero-order chi connectivity index (χ0) is 16.4. The Balaban J connectivity index is 1.75. The average molecular weight is 367 g/mol. The van der Waals surface area contributed by atoms with E-state index in [1.807, 2.05) is 30.3 Å². The van der Waals surface area contributed by atoms with E-state index in [-0.39, 0.29) is 11.7 Å². The number of pyridine rings is 1. The van der Waals surface area contributed by atoms with Crippen LogP contribution in [0.4, 0.5) is 5.69 Å². The standard InChI is InChI=1S/C15H12Cl2N4OS/c1-20(11-5-3-2-4-6-11)13(22)9-23-15-19-18-14-12(17)7-10(16)8-21(14)15/h2-8H,9H2,1H3. The van der Waals surface area contributed by atoms with Crippen LogP contribution in [0.15, 0.2) is 47.8 Å². The molecule has 0 fully saturated rings. The molecule has 3 rings (SSSR count). The molecule has 118 valence electrons. The Kier molecular flexibility index (Phi) is 4.75. The van der Waals surface area contributed by atoms with Crippen LogP contribution >= 0.6 is 35.0 Å². The molecule has 8 heteroatoms. The molecule has 0 aliphatic rings. The van der Waals surface area contributed by atoms with Gasteiger partial charge in [-0.05, 0) is 18.2 Å². The zero-order valence-corrected chi connectivity index (χ0v) is 14.4. The Morgan fingerprint density at radius 2 is 2.00 bits per heavy atom. The summed E-state index contributed by atoms with van der Waals surface area (Å²) in [7, 11) is 1.74. The van der Waals surface area contributed by atoms with Crippen molar-refractivity contribution < 1.29 is 4.79 Å². The smallest absolute Gasteiger partial charge is 0.237 e. The fourth-order valence-corrected chi connectivity index (χ4v) is 3.35. The average Bonchev–Trinajstić information content (AvgIpc) is 2.96. The summed E-state index contributed by atoms with van der Waals surface area (Å²) >= 11 is 13.4. The van der Waals surface area contributed by atoms with E-state index < -0.39 is 0 Å². The molecule has 1 amide bonds. The molecular formula is C15H12Cl2N4OS. The minimum Gasteiger partial charge on any atom is -0.315 e. The normalized spacial score (nSPS) is 10.9. The maximum absolute atomic E-state index is 12.3. The summed E-state index contributed by atoms with van der Waals surface area (Å²) in [6.07, 6.45) is 1.68. The lowest BCUT2D eigenvalue weighted by molar-refractivity contribution is -0.115. The molecule has 5 nitrogen and oxygen atoms in total. The largest absolute Gasteiger partial charge is 0.315 e. The van der Waals surface area contributed by atoms with Crippen LogP contribution < -0.4 is 4.90 Å². The molecule has 0 atom stereocenters. The molecule has 0 unspecified atom stereocenters. The molecule has 3 aromatic rings. The van der Waals surface area contributed by atoms with Gasteiger partial charge in [0.05, 0.1) is 15.8 Å². The number of amides is 1. The van der Waals surface area contributed by atoms with Gasteiger partial charge in [-0.1, -0.05) is 53.2 Å². The second-order valence-electron chi connectivity index (χ2n) is 4.76. The van der Waals surface area contributed by atoms with Crippen LogP contribution in [0.5, 0.6) is 0 Å². The minimum atomic E-state index is -0.0360. The first kappa shape index (κ1) is 16.1. The molecule has 0 N–H and O–H groups in total. The molecule has 0 saturated carbocycles. The number of nitrogens with zero attached hydrogens (tertiary/aromatic N) is 4. The molecule has 0 spiro atoms. The van der Waals surface area contributed by atoms with Gasteiger partial charge in [0.25, 0.3) is 0 Å². The molecule has 2 aromatic heterocycles. The topological polar surface area (TPSA) is 50.5 Å². The summed E-state index contributed by atoms with van der Waals surface area (Å²) in [5.41, 5.74) is 1.36. The van der Waals surface area contributed by atoms with Gasteiger partial charge in [-0.15, -0.1) is 10.2 Å². The fourth-order valence-electron chi connectivity index (χ4n) is 2.02. The quantitative estimate of drug-likeness (QED) is 0.659. The Morgan fingerprint density at radius 1 is 1.26 bits per heavy atom. The van der Waals surface area contributed by atoms with E-state index >= 15 is 0 Å². The number of para-hydroxylation sites is 1. The number of thioether (sulfide) groups is 1. The maximum Gasteiger partial charge on any atom is 0.237 e. The lowest BCUT2D eigenvalue weighted by Gasteiger charge is -2.16. The van der Waals surface area contributed by atoms with Crippen LogP contribution in [0.25, 0.3) is 5.65 Å². The third-order valence-corrected chi connectivity index (χ3v) is 4.65. The Hall–Kier alpha value is -1.76. The van der Waals surface area contributed by atoms with E-state index in [4.69, 9.17) is 23.2 Å². The molecule has 0 radical (unpaired) electrons. The first-order valence-corrected chi connectivity index (χ1v) is 8.44. The van der Waals surface area contributed by atoms with Crippen molar-refractivity contribution >= 4 is 52.2 Å². The number of carbonyl (C=O) groups excluding carboxylic acids is 1. The van der Waals surface area contributed by atoms with E-state index in [2.05, 4.69) is 10.2 Å². The highest BCUT2D eigenvalue weighted by molar-refractivity contribution is 7.99. The predicted octanol–water partition coefficient (Wildman–Crippen LogP) is 3.79. The highest BCUT2D eigenvalue weighted by Gasteiger charge is 2.15. The van der Waals surface area contributed by atoms with E-state index in [0.29, 0.717) is 20.8 Å². The van der Waals surface area contributed by atoms with Gasteiger partial charge in [0.1, 0.15) is 0 Å². The highest BCUT2D eigenvalue weighted by atomic mass is 35.5. The lowest BCUT2D eigenvalue weighted by Crippen LogP contribution is -2.27. The van der Waals surface area contributed by atoms with Crippen LogP contribution in [0, 0.1) is 0 Å². The summed E-state index contributed by atoms with van der Waals surface area (Å²) < 4.78 is 1.69. The van der Waals surface area contributed by atoms with Crippen LogP contribution in [0.1, 0.15) is 0 Å². The summed E-state index contributed by atoms with van der Waals surface area (Å²) in [5, 5.41) is 9.55. The number of benzene rings is 1. The molecule has 0 bridgehead atoms. The number of anilines is 1. The number of carbonyl (C=O) groups is 1. The van der Waals surface area contributed by atoms with Crippen LogP contribution in [-0.4, -0.2) is 33.3 Å². The van der Waals surface area contributed by atoms with Crippen molar-refractivity contribution in [3.05, 3.63) is 52.6 Å². The molecule has 0 aliphatic carbocycles. The minimum absolute atomic E-state index is 0.0360. The summed E-state index contributed by atoms with van der Waals surface area (Å²) in [6, 6.07) is 11.1. The Bertz CT molecular complexity index is 853. The highest BCUT2D eigenvalue weighted by Crippen LogP contribution is 2.25. The van der Waals surface area contributed by atoms with Crippen LogP contribution in [0.3, 0.4) is 0 Å². The second-order valence-corrected chi connectivity index (χ2v) is 6.55. The first-order valence-electron chi connectivity index (χ1n) is 6.70. The van der Waals surface area contributed by atoms with E-state index in [1.54, 1.807) is 28.6 Å². The van der Waals surface area contributed by atoms with Gasteiger partial charge in [-0.3, -0.25) is 9.20 Å². The SMILES string of the molecule is CN(C(=O)CSc1nnc2c(Cl)cc(Cl)cn12)c1ccccc1. The number of fused-ring (bicyclic) bond motifs is 1. The molecule has 0 saturated heterocycles. The van der Waals surface area contributed by atoms with Gasteiger partial charge in [0.15, 0.2) is 10.8 Å². The van der Waals surface area contributed by atoms with Gasteiger partial charge >= 0.3 is 0 Å². The number of aromatic nitrogens is 3. The van der Waals surface area contributed by atoms with Crippen molar-refractivity contribution in [1.29, 1.82) is 0 Å². The maximum atomic E-state index is 12.3. The number of halogens is 2. The van der Waals surface area contributed by atoms with Gasteiger partial charge in [0, 0.05) is 18.9 Å². The van der Waals surface area contributed by atoms with E-state index in [9.17, 15) is 4.79 Å². The van der Waals surface area contributed by atoms with Crippen molar-refractivity contribution in [2.75, 3.05) is 17.7 Å². The van der Waals surface area contributed by atoms with Gasteiger partial charge in [-0.2, -0.15) is 0 Å². The van der Waals surface area contributed by atoms with Crippen molar-refractivity contribution in [1.82, 2.24) is 14.6 Å². The van der Waals surface area contributed by atoms with E-state index in [0.717, 1.165) is 5.69 Å².